The molecule has 0 bridgehead atoms. The molecule has 94 valence electrons. The summed E-state index contributed by atoms with van der Waals surface area (Å²) in [6.45, 7) is 4.66. The van der Waals surface area contributed by atoms with Gasteiger partial charge in [-0.15, -0.1) is 0 Å². The third-order valence-corrected chi connectivity index (χ3v) is 2.42. The van der Waals surface area contributed by atoms with E-state index in [2.05, 4.69) is 5.43 Å². The van der Waals surface area contributed by atoms with Crippen LogP contribution < -0.4 is 11.3 Å². The molecular weight excluding hydrogens is 208 g/mol. The maximum atomic E-state index is 11.6. The third-order valence-electron chi connectivity index (χ3n) is 2.42. The molecule has 0 aromatic heterocycles. The van der Waals surface area contributed by atoms with Crippen molar-refractivity contribution in [1.82, 2.24) is 15.2 Å². The molecule has 0 aliphatic heterocycles. The number of hydrogen-bond acceptors (Lipinski definition) is 4. The van der Waals surface area contributed by atoms with E-state index in [4.69, 9.17) is 5.84 Å². The van der Waals surface area contributed by atoms with Crippen molar-refractivity contribution >= 4 is 11.8 Å². The number of rotatable bonds is 6. The van der Waals surface area contributed by atoms with Gasteiger partial charge in [0.2, 0.25) is 5.91 Å². The van der Waals surface area contributed by atoms with Gasteiger partial charge in [0.1, 0.15) is 0 Å². The zero-order chi connectivity index (χ0) is 12.7. The topological polar surface area (TPSA) is 78.7 Å². The van der Waals surface area contributed by atoms with E-state index in [0.717, 1.165) is 6.42 Å². The fourth-order valence-corrected chi connectivity index (χ4v) is 1.30. The van der Waals surface area contributed by atoms with E-state index in [1.807, 2.05) is 11.8 Å². The van der Waals surface area contributed by atoms with E-state index < -0.39 is 6.04 Å². The zero-order valence-electron chi connectivity index (χ0n) is 10.5. The molecule has 0 heterocycles. The largest absolute Gasteiger partial charge is 0.348 e. The van der Waals surface area contributed by atoms with Gasteiger partial charge in [-0.2, -0.15) is 0 Å². The standard InChI is InChI=1S/C10H22N4O2/c1-5-6-14(7-9(15)13(3)4)8(2)10(16)12-11/h8H,5-7,11H2,1-4H3,(H,12,16). The highest BCUT2D eigenvalue weighted by molar-refractivity contribution is 5.82. The van der Waals surface area contributed by atoms with Crippen LogP contribution >= 0.6 is 0 Å². The molecule has 0 aliphatic carbocycles. The van der Waals surface area contributed by atoms with Gasteiger partial charge in [-0.05, 0) is 19.9 Å². The number of hydrazine groups is 1. The highest BCUT2D eigenvalue weighted by Gasteiger charge is 2.22. The Balaban J connectivity index is 4.48. The summed E-state index contributed by atoms with van der Waals surface area (Å²) in [7, 11) is 3.39. The normalized spacial score (nSPS) is 12.4. The molecule has 0 aromatic carbocycles. The lowest BCUT2D eigenvalue weighted by molar-refractivity contribution is -0.132. The highest BCUT2D eigenvalue weighted by Crippen LogP contribution is 2.01. The minimum atomic E-state index is -0.395. The quantitative estimate of drug-likeness (QED) is 0.354. The summed E-state index contributed by atoms with van der Waals surface area (Å²) in [5.41, 5.74) is 2.10. The first-order valence-electron chi connectivity index (χ1n) is 5.38. The van der Waals surface area contributed by atoms with Crippen molar-refractivity contribution in [2.75, 3.05) is 27.2 Å². The first-order valence-corrected chi connectivity index (χ1v) is 5.38. The lowest BCUT2D eigenvalue weighted by atomic mass is 10.2. The Morgan fingerprint density at radius 2 is 1.94 bits per heavy atom. The number of carbonyl (C=O) groups excluding carboxylic acids is 2. The van der Waals surface area contributed by atoms with Crippen molar-refractivity contribution in [1.29, 1.82) is 0 Å². The molecular formula is C10H22N4O2. The van der Waals surface area contributed by atoms with Gasteiger partial charge in [0.25, 0.3) is 5.91 Å². The molecule has 1 unspecified atom stereocenters. The zero-order valence-corrected chi connectivity index (χ0v) is 10.5. The monoisotopic (exact) mass is 230 g/mol. The van der Waals surface area contributed by atoms with E-state index in [9.17, 15) is 9.59 Å². The Morgan fingerprint density at radius 3 is 2.31 bits per heavy atom. The van der Waals surface area contributed by atoms with Crippen molar-refractivity contribution in [3.05, 3.63) is 0 Å². The molecule has 0 rings (SSSR count). The van der Waals surface area contributed by atoms with Gasteiger partial charge in [-0.3, -0.25) is 19.9 Å². The van der Waals surface area contributed by atoms with Crippen molar-refractivity contribution in [3.8, 4) is 0 Å². The average Bonchev–Trinajstić information content (AvgIpc) is 2.26. The number of nitrogens with zero attached hydrogens (tertiary/aromatic N) is 2. The second kappa shape index (κ2) is 7.19. The van der Waals surface area contributed by atoms with E-state index in [-0.39, 0.29) is 18.4 Å². The van der Waals surface area contributed by atoms with Crippen LogP contribution in [0.4, 0.5) is 0 Å². The molecule has 16 heavy (non-hydrogen) atoms. The summed E-state index contributed by atoms with van der Waals surface area (Å²) in [6, 6.07) is -0.395. The number of hydrogen-bond donors (Lipinski definition) is 2. The molecule has 0 saturated heterocycles. The molecule has 3 N–H and O–H groups in total. The van der Waals surface area contributed by atoms with Crippen LogP contribution in [0.15, 0.2) is 0 Å². The van der Waals surface area contributed by atoms with Gasteiger partial charge in [0, 0.05) is 14.1 Å². The maximum absolute atomic E-state index is 11.6. The summed E-state index contributed by atoms with van der Waals surface area (Å²) in [4.78, 5) is 26.3. The lowest BCUT2D eigenvalue weighted by Crippen LogP contribution is -2.50. The van der Waals surface area contributed by atoms with E-state index in [1.165, 1.54) is 4.90 Å². The summed E-state index contributed by atoms with van der Waals surface area (Å²) in [5.74, 6) is 4.78. The Labute approximate surface area is 96.7 Å². The summed E-state index contributed by atoms with van der Waals surface area (Å²) >= 11 is 0. The SMILES string of the molecule is CCCN(CC(=O)N(C)C)C(C)C(=O)NN. The smallest absolute Gasteiger partial charge is 0.250 e. The second-order valence-electron chi connectivity index (χ2n) is 3.94. The van der Waals surface area contributed by atoms with E-state index >= 15 is 0 Å². The molecule has 0 radical (unpaired) electrons. The first kappa shape index (κ1) is 14.9. The maximum Gasteiger partial charge on any atom is 0.250 e. The lowest BCUT2D eigenvalue weighted by Gasteiger charge is -2.27. The van der Waals surface area contributed by atoms with Gasteiger partial charge < -0.3 is 4.90 Å². The molecule has 6 heteroatoms. The van der Waals surface area contributed by atoms with Crippen LogP contribution in [-0.4, -0.2) is 54.8 Å². The summed E-state index contributed by atoms with van der Waals surface area (Å²) in [6.07, 6.45) is 0.878. The molecule has 1 atom stereocenters. The number of nitrogens with two attached hydrogens (primary N) is 1. The summed E-state index contributed by atoms with van der Waals surface area (Å²) in [5, 5.41) is 0. The van der Waals surface area contributed by atoms with Crippen molar-refractivity contribution in [2.24, 2.45) is 5.84 Å². The number of carbonyl (C=O) groups is 2. The predicted octanol–water partition coefficient (Wildman–Crippen LogP) is -0.835. The van der Waals surface area contributed by atoms with Crippen LogP contribution in [0.5, 0.6) is 0 Å². The second-order valence-corrected chi connectivity index (χ2v) is 3.94. The molecule has 0 aliphatic rings. The van der Waals surface area contributed by atoms with Crippen LogP contribution in [-0.2, 0) is 9.59 Å². The van der Waals surface area contributed by atoms with E-state index in [0.29, 0.717) is 6.54 Å². The van der Waals surface area contributed by atoms with E-state index in [1.54, 1.807) is 21.0 Å². The Morgan fingerprint density at radius 1 is 1.38 bits per heavy atom. The van der Waals surface area contributed by atoms with Gasteiger partial charge in [-0.25, -0.2) is 5.84 Å². The number of amides is 2. The van der Waals surface area contributed by atoms with Crippen molar-refractivity contribution in [3.63, 3.8) is 0 Å². The molecule has 0 spiro atoms. The van der Waals surface area contributed by atoms with Crippen LogP contribution in [0.1, 0.15) is 20.3 Å². The van der Waals surface area contributed by atoms with Crippen LogP contribution in [0.3, 0.4) is 0 Å². The minimum Gasteiger partial charge on any atom is -0.348 e. The van der Waals surface area contributed by atoms with Gasteiger partial charge >= 0.3 is 0 Å². The third kappa shape index (κ3) is 4.59. The van der Waals surface area contributed by atoms with Crippen LogP contribution in [0.25, 0.3) is 0 Å². The van der Waals surface area contributed by atoms with Crippen molar-refractivity contribution in [2.45, 2.75) is 26.3 Å². The van der Waals surface area contributed by atoms with Gasteiger partial charge in [-0.1, -0.05) is 6.92 Å². The Kier molecular flexibility index (Phi) is 6.67. The highest BCUT2D eigenvalue weighted by atomic mass is 16.2. The fraction of sp³-hybridized carbons (Fsp3) is 0.800. The van der Waals surface area contributed by atoms with Crippen molar-refractivity contribution < 1.29 is 9.59 Å². The molecule has 0 fully saturated rings. The molecule has 2 amide bonds. The Bertz CT molecular complexity index is 243. The molecule has 0 saturated carbocycles. The average molecular weight is 230 g/mol. The summed E-state index contributed by atoms with van der Waals surface area (Å²) < 4.78 is 0. The molecule has 6 nitrogen and oxygen atoms in total. The van der Waals surface area contributed by atoms with Crippen LogP contribution in [0.2, 0.25) is 0 Å². The first-order chi connectivity index (χ1) is 7.43. The fourth-order valence-electron chi connectivity index (χ4n) is 1.30. The Hall–Kier alpha value is -1.14. The molecule has 0 aromatic rings. The minimum absolute atomic E-state index is 0.0230. The van der Waals surface area contributed by atoms with Gasteiger partial charge in [0.15, 0.2) is 0 Å². The van der Waals surface area contributed by atoms with Gasteiger partial charge in [0.05, 0.1) is 12.6 Å². The predicted molar refractivity (Wildman–Crippen MR) is 62.4 cm³/mol. The van der Waals surface area contributed by atoms with Crippen LogP contribution in [0, 0.1) is 0 Å². The number of nitrogens with one attached hydrogen (secondary N) is 1. The number of likely N-dealkylation sites (N-methyl/N-ethyl adjacent to an activating group) is 1.